The summed E-state index contributed by atoms with van der Waals surface area (Å²) in [5.41, 5.74) is 2.38. The molecule has 0 spiro atoms. The Bertz CT molecular complexity index is 771. The molecule has 0 unspecified atom stereocenters. The number of aromatic nitrogens is 1. The van der Waals surface area contributed by atoms with Gasteiger partial charge in [0.25, 0.3) is 5.91 Å². The van der Waals surface area contributed by atoms with Gasteiger partial charge in [-0.15, -0.1) is 0 Å². The highest BCUT2D eigenvalue weighted by Gasteiger charge is 2.28. The van der Waals surface area contributed by atoms with Crippen LogP contribution in [0.5, 0.6) is 0 Å². The first kappa shape index (κ1) is 18.3. The van der Waals surface area contributed by atoms with Crippen LogP contribution in [-0.2, 0) is 17.7 Å². The van der Waals surface area contributed by atoms with E-state index >= 15 is 0 Å². The minimum atomic E-state index is -0.405. The van der Waals surface area contributed by atoms with Crippen molar-refractivity contribution in [1.29, 1.82) is 0 Å². The summed E-state index contributed by atoms with van der Waals surface area (Å²) in [6.07, 6.45) is 2.31. The summed E-state index contributed by atoms with van der Waals surface area (Å²) in [7, 11) is 1.36. The Morgan fingerprint density at radius 3 is 2.58 bits per heavy atom. The van der Waals surface area contributed by atoms with Gasteiger partial charge >= 0.3 is 5.97 Å². The van der Waals surface area contributed by atoms with Gasteiger partial charge in [0.05, 0.1) is 25.5 Å². The average Bonchev–Trinajstić information content (AvgIpc) is 3.28. The highest BCUT2D eigenvalue weighted by Crippen LogP contribution is 2.22. The maximum Gasteiger partial charge on any atom is 0.339 e. The highest BCUT2D eigenvalue weighted by atomic mass is 16.5. The van der Waals surface area contributed by atoms with Gasteiger partial charge in [-0.05, 0) is 31.0 Å². The molecule has 0 aliphatic carbocycles. The van der Waals surface area contributed by atoms with E-state index < -0.39 is 5.97 Å². The summed E-state index contributed by atoms with van der Waals surface area (Å²) in [6, 6.07) is 3.84. The first-order valence-electron chi connectivity index (χ1n) is 8.88. The largest absolute Gasteiger partial charge is 0.468 e. The molecule has 1 N–H and O–H groups in total. The van der Waals surface area contributed by atoms with Crippen LogP contribution in [-0.4, -0.2) is 59.9 Å². The number of hydrogen-bond acceptors (Lipinski definition) is 5. The average molecular weight is 359 g/mol. The first-order valence-corrected chi connectivity index (χ1v) is 8.88. The van der Waals surface area contributed by atoms with Crippen LogP contribution in [0, 0.1) is 6.92 Å². The van der Waals surface area contributed by atoms with E-state index in [4.69, 9.17) is 9.15 Å². The summed E-state index contributed by atoms with van der Waals surface area (Å²) in [5.74, 6) is 0.461. The van der Waals surface area contributed by atoms with Gasteiger partial charge in [-0.1, -0.05) is 6.92 Å². The Morgan fingerprint density at radius 1 is 1.27 bits per heavy atom. The van der Waals surface area contributed by atoms with Crippen molar-refractivity contribution in [2.45, 2.75) is 26.8 Å². The number of piperazine rings is 1. The number of carbonyl (C=O) groups is 2. The predicted molar refractivity (Wildman–Crippen MR) is 96.1 cm³/mol. The summed E-state index contributed by atoms with van der Waals surface area (Å²) >= 11 is 0. The quantitative estimate of drug-likeness (QED) is 0.828. The molecular formula is C19H25N3O4. The minimum absolute atomic E-state index is 0.0648. The Morgan fingerprint density at radius 2 is 2.00 bits per heavy atom. The molecule has 140 valence electrons. The molecule has 7 heteroatoms. The van der Waals surface area contributed by atoms with Crippen molar-refractivity contribution in [3.63, 3.8) is 0 Å². The summed E-state index contributed by atoms with van der Waals surface area (Å²) in [6.45, 7) is 7.36. The van der Waals surface area contributed by atoms with E-state index in [-0.39, 0.29) is 5.91 Å². The smallest absolute Gasteiger partial charge is 0.339 e. The molecule has 0 atom stereocenters. The zero-order valence-corrected chi connectivity index (χ0v) is 15.5. The molecule has 0 bridgehead atoms. The van der Waals surface area contributed by atoms with Crippen molar-refractivity contribution in [1.82, 2.24) is 14.8 Å². The van der Waals surface area contributed by atoms with Crippen molar-refractivity contribution in [3.05, 3.63) is 46.7 Å². The lowest BCUT2D eigenvalue weighted by Crippen LogP contribution is -2.48. The zero-order valence-electron chi connectivity index (χ0n) is 15.5. The van der Waals surface area contributed by atoms with E-state index in [9.17, 15) is 9.59 Å². The van der Waals surface area contributed by atoms with Gasteiger partial charge in [0.2, 0.25) is 0 Å². The van der Waals surface area contributed by atoms with Crippen LogP contribution >= 0.6 is 0 Å². The van der Waals surface area contributed by atoms with Crippen LogP contribution in [0.15, 0.2) is 22.8 Å². The lowest BCUT2D eigenvalue weighted by atomic mass is 10.1. The summed E-state index contributed by atoms with van der Waals surface area (Å²) in [4.78, 5) is 32.2. The van der Waals surface area contributed by atoms with Crippen LogP contribution in [0.1, 0.15) is 44.8 Å². The summed E-state index contributed by atoms with van der Waals surface area (Å²) < 4.78 is 10.2. The van der Waals surface area contributed by atoms with E-state index in [1.807, 2.05) is 24.0 Å². The maximum absolute atomic E-state index is 12.9. The second-order valence-corrected chi connectivity index (χ2v) is 6.47. The zero-order chi connectivity index (χ0) is 18.7. The fourth-order valence-electron chi connectivity index (χ4n) is 3.41. The van der Waals surface area contributed by atoms with Crippen LogP contribution in [0.4, 0.5) is 0 Å². The first-order chi connectivity index (χ1) is 12.5. The SMILES string of the molecule is CCc1[nH]c(C(=O)N2CCN(Cc3ccco3)CC2)c(C)c1C(=O)OC. The Balaban J connectivity index is 1.69. The minimum Gasteiger partial charge on any atom is -0.468 e. The molecule has 1 fully saturated rings. The van der Waals surface area contributed by atoms with E-state index in [1.165, 1.54) is 7.11 Å². The number of amides is 1. The fraction of sp³-hybridized carbons (Fsp3) is 0.474. The molecule has 26 heavy (non-hydrogen) atoms. The Labute approximate surface area is 152 Å². The number of esters is 1. The van der Waals surface area contributed by atoms with Crippen molar-refractivity contribution in [3.8, 4) is 0 Å². The molecule has 7 nitrogen and oxygen atoms in total. The van der Waals surface area contributed by atoms with Crippen LogP contribution < -0.4 is 0 Å². The topological polar surface area (TPSA) is 78.8 Å². The Hall–Kier alpha value is -2.54. The number of nitrogens with zero attached hydrogens (tertiary/aromatic N) is 2. The number of aryl methyl sites for hydroxylation is 1. The molecule has 1 aliphatic rings. The number of methoxy groups -OCH3 is 1. The van der Waals surface area contributed by atoms with E-state index in [0.717, 1.165) is 31.1 Å². The van der Waals surface area contributed by atoms with Gasteiger partial charge in [0.15, 0.2) is 0 Å². The third-order valence-corrected chi connectivity index (χ3v) is 4.90. The van der Waals surface area contributed by atoms with E-state index in [0.29, 0.717) is 36.3 Å². The second-order valence-electron chi connectivity index (χ2n) is 6.47. The van der Waals surface area contributed by atoms with Gasteiger partial charge in [0, 0.05) is 31.9 Å². The standard InChI is InChI=1S/C19H25N3O4/c1-4-15-16(19(24)25-3)13(2)17(20-15)18(23)22-9-7-21(8-10-22)12-14-6-5-11-26-14/h5-6,11,20H,4,7-10,12H2,1-3H3. The van der Waals surface area contributed by atoms with E-state index in [1.54, 1.807) is 13.2 Å². The number of aromatic amines is 1. The molecule has 0 aromatic carbocycles. The molecule has 1 amide bonds. The number of furan rings is 1. The van der Waals surface area contributed by atoms with Gasteiger partial charge in [-0.25, -0.2) is 4.79 Å². The van der Waals surface area contributed by atoms with Crippen molar-refractivity contribution >= 4 is 11.9 Å². The molecule has 2 aromatic heterocycles. The molecule has 1 aliphatic heterocycles. The number of hydrogen-bond donors (Lipinski definition) is 1. The van der Waals surface area contributed by atoms with Crippen LogP contribution in [0.2, 0.25) is 0 Å². The van der Waals surface area contributed by atoms with Gasteiger partial charge in [0.1, 0.15) is 11.5 Å². The van der Waals surface area contributed by atoms with Crippen LogP contribution in [0.25, 0.3) is 0 Å². The maximum atomic E-state index is 12.9. The monoisotopic (exact) mass is 359 g/mol. The predicted octanol–water partition coefficient (Wildman–Crippen LogP) is 2.22. The van der Waals surface area contributed by atoms with Crippen molar-refractivity contribution in [2.75, 3.05) is 33.3 Å². The van der Waals surface area contributed by atoms with Crippen LogP contribution in [0.3, 0.4) is 0 Å². The highest BCUT2D eigenvalue weighted by molar-refractivity contribution is 6.00. The van der Waals surface area contributed by atoms with E-state index in [2.05, 4.69) is 9.88 Å². The molecule has 1 saturated heterocycles. The lowest BCUT2D eigenvalue weighted by molar-refractivity contribution is 0.0598. The molecule has 2 aromatic rings. The Kier molecular flexibility index (Phi) is 5.46. The molecular weight excluding hydrogens is 334 g/mol. The lowest BCUT2D eigenvalue weighted by Gasteiger charge is -2.34. The molecule has 0 radical (unpaired) electrons. The van der Waals surface area contributed by atoms with Crippen molar-refractivity contribution in [2.24, 2.45) is 0 Å². The number of nitrogens with one attached hydrogen (secondary N) is 1. The summed E-state index contributed by atoms with van der Waals surface area (Å²) in [5, 5.41) is 0. The number of ether oxygens (including phenoxy) is 1. The number of carbonyl (C=O) groups excluding carboxylic acids is 2. The second kappa shape index (κ2) is 7.78. The normalized spacial score (nSPS) is 15.3. The number of H-pyrrole nitrogens is 1. The third kappa shape index (κ3) is 3.53. The van der Waals surface area contributed by atoms with Gasteiger partial charge < -0.3 is 19.0 Å². The molecule has 0 saturated carbocycles. The molecule has 3 heterocycles. The van der Waals surface area contributed by atoms with Crippen molar-refractivity contribution < 1.29 is 18.7 Å². The third-order valence-electron chi connectivity index (χ3n) is 4.90. The van der Waals surface area contributed by atoms with Gasteiger partial charge in [-0.3, -0.25) is 9.69 Å². The molecule has 3 rings (SSSR count). The fourth-order valence-corrected chi connectivity index (χ4v) is 3.41. The van der Waals surface area contributed by atoms with Gasteiger partial charge in [-0.2, -0.15) is 0 Å². The number of rotatable bonds is 5.